The summed E-state index contributed by atoms with van der Waals surface area (Å²) in [5.41, 5.74) is 2.65. The van der Waals surface area contributed by atoms with Crippen LogP contribution in [0.3, 0.4) is 0 Å². The molecule has 3 aromatic rings. The highest BCUT2D eigenvalue weighted by atomic mass is 16.5. The molecule has 2 N–H and O–H groups in total. The molecule has 2 fully saturated rings. The van der Waals surface area contributed by atoms with Gasteiger partial charge in [-0.05, 0) is 68.4 Å². The summed E-state index contributed by atoms with van der Waals surface area (Å²) in [4.78, 5) is 17.7. The van der Waals surface area contributed by atoms with E-state index in [-0.39, 0.29) is 12.5 Å². The summed E-state index contributed by atoms with van der Waals surface area (Å²) in [6.07, 6.45) is 5.36. The number of pyridine rings is 1. The Balaban J connectivity index is 1.38. The molecule has 2 aliphatic rings. The van der Waals surface area contributed by atoms with Crippen LogP contribution in [0.2, 0.25) is 0 Å². The van der Waals surface area contributed by atoms with Gasteiger partial charge in [-0.3, -0.25) is 9.78 Å². The van der Waals surface area contributed by atoms with E-state index in [2.05, 4.69) is 16.4 Å². The first-order valence-electron chi connectivity index (χ1n) is 11.2. The zero-order chi connectivity index (χ0) is 22.1. The van der Waals surface area contributed by atoms with Gasteiger partial charge in [0.2, 0.25) is 0 Å². The van der Waals surface area contributed by atoms with E-state index >= 15 is 0 Å². The molecule has 1 amide bonds. The Morgan fingerprint density at radius 1 is 1.28 bits per heavy atom. The molecule has 0 spiro atoms. The zero-order valence-corrected chi connectivity index (χ0v) is 18.2. The molecule has 5 rings (SSSR count). The second-order valence-electron chi connectivity index (χ2n) is 8.80. The Morgan fingerprint density at radius 2 is 2.09 bits per heavy atom. The molecule has 32 heavy (non-hydrogen) atoms. The van der Waals surface area contributed by atoms with E-state index in [4.69, 9.17) is 13.9 Å². The predicted octanol–water partition coefficient (Wildman–Crippen LogP) is 3.86. The van der Waals surface area contributed by atoms with E-state index in [1.165, 1.54) is 18.4 Å². The van der Waals surface area contributed by atoms with Crippen LogP contribution in [0.4, 0.5) is 0 Å². The number of aromatic nitrogens is 1. The lowest BCUT2D eigenvalue weighted by molar-refractivity contribution is 0.0125. The van der Waals surface area contributed by atoms with Crippen LogP contribution in [-0.4, -0.2) is 41.4 Å². The number of hydrogen-bond donors (Lipinski definition) is 2. The molecule has 0 bridgehead atoms. The van der Waals surface area contributed by atoms with Gasteiger partial charge in [0.25, 0.3) is 5.91 Å². The molecule has 1 aliphatic heterocycles. The van der Waals surface area contributed by atoms with Crippen molar-refractivity contribution in [1.29, 1.82) is 0 Å². The fourth-order valence-corrected chi connectivity index (χ4v) is 4.45. The van der Waals surface area contributed by atoms with Crippen LogP contribution in [0.25, 0.3) is 11.0 Å². The maximum absolute atomic E-state index is 13.2. The number of fused-ring (bicyclic) bond motifs is 1. The Labute approximate surface area is 186 Å². The topological polar surface area (TPSA) is 93.8 Å². The Hall–Kier alpha value is -2.90. The van der Waals surface area contributed by atoms with Gasteiger partial charge in [0.15, 0.2) is 0 Å². The van der Waals surface area contributed by atoms with Crippen molar-refractivity contribution in [3.8, 4) is 5.75 Å². The summed E-state index contributed by atoms with van der Waals surface area (Å²) in [6, 6.07) is 9.61. The van der Waals surface area contributed by atoms with E-state index in [1.54, 1.807) is 13.1 Å². The standard InChI is InChI=1S/C25H28N2O5/c1-16-23(24(29)27-25(15-28)8-11-30-12-9-25)20-13-18(6-7-22(20)32-16)31-14-21-19(17-4-5-17)3-2-10-26-21/h2-3,6-7,10,13,17,28H,4-5,8-9,11-12,14-15H2,1H3,(H,27,29). The minimum atomic E-state index is -0.669. The summed E-state index contributed by atoms with van der Waals surface area (Å²) in [6.45, 7) is 3.06. The highest BCUT2D eigenvalue weighted by Crippen LogP contribution is 2.41. The molecule has 0 radical (unpaired) electrons. The molecule has 2 aromatic heterocycles. The van der Waals surface area contributed by atoms with Gasteiger partial charge in [0.1, 0.15) is 23.7 Å². The molecule has 7 nitrogen and oxygen atoms in total. The molecular weight excluding hydrogens is 408 g/mol. The van der Waals surface area contributed by atoms with Gasteiger partial charge in [-0.25, -0.2) is 0 Å². The second-order valence-corrected chi connectivity index (χ2v) is 8.80. The van der Waals surface area contributed by atoms with E-state index in [0.29, 0.717) is 66.6 Å². The van der Waals surface area contributed by atoms with Crippen molar-refractivity contribution in [2.75, 3.05) is 19.8 Å². The van der Waals surface area contributed by atoms with Gasteiger partial charge in [0, 0.05) is 24.8 Å². The lowest BCUT2D eigenvalue weighted by atomic mass is 9.90. The van der Waals surface area contributed by atoms with Crippen LogP contribution < -0.4 is 10.1 Å². The van der Waals surface area contributed by atoms with Crippen molar-refractivity contribution < 1.29 is 23.8 Å². The van der Waals surface area contributed by atoms with Crippen LogP contribution in [0.15, 0.2) is 40.9 Å². The summed E-state index contributed by atoms with van der Waals surface area (Å²) >= 11 is 0. The number of aliphatic hydroxyl groups excluding tert-OH is 1. The van der Waals surface area contributed by atoms with Crippen molar-refractivity contribution in [2.45, 2.75) is 50.7 Å². The lowest BCUT2D eigenvalue weighted by Crippen LogP contribution is -2.54. The number of nitrogens with zero attached hydrogens (tertiary/aromatic N) is 1. The van der Waals surface area contributed by atoms with E-state index in [0.717, 1.165) is 5.69 Å². The monoisotopic (exact) mass is 436 g/mol. The molecule has 0 atom stereocenters. The molecule has 1 saturated heterocycles. The fraction of sp³-hybridized carbons (Fsp3) is 0.440. The van der Waals surface area contributed by atoms with Crippen LogP contribution in [0.5, 0.6) is 5.75 Å². The third-order valence-electron chi connectivity index (χ3n) is 6.51. The minimum Gasteiger partial charge on any atom is -0.487 e. The number of benzene rings is 1. The number of ether oxygens (including phenoxy) is 2. The van der Waals surface area contributed by atoms with E-state index in [9.17, 15) is 9.90 Å². The normalized spacial score (nSPS) is 17.9. The summed E-state index contributed by atoms with van der Waals surface area (Å²) < 4.78 is 17.3. The zero-order valence-electron chi connectivity index (χ0n) is 18.2. The van der Waals surface area contributed by atoms with Crippen molar-refractivity contribution in [2.24, 2.45) is 0 Å². The molecule has 1 saturated carbocycles. The Morgan fingerprint density at radius 3 is 2.84 bits per heavy atom. The third kappa shape index (κ3) is 4.10. The number of carbonyl (C=O) groups is 1. The van der Waals surface area contributed by atoms with Crippen molar-refractivity contribution in [3.63, 3.8) is 0 Å². The number of carbonyl (C=O) groups excluding carboxylic acids is 1. The quantitative estimate of drug-likeness (QED) is 0.584. The maximum Gasteiger partial charge on any atom is 0.255 e. The average Bonchev–Trinajstić information content (AvgIpc) is 3.60. The number of nitrogens with one attached hydrogen (secondary N) is 1. The van der Waals surface area contributed by atoms with Crippen LogP contribution in [0, 0.1) is 6.92 Å². The lowest BCUT2D eigenvalue weighted by Gasteiger charge is -2.36. The molecular formula is C25H28N2O5. The van der Waals surface area contributed by atoms with Gasteiger partial charge >= 0.3 is 0 Å². The SMILES string of the molecule is Cc1oc2ccc(OCc3ncccc3C3CC3)cc2c1C(=O)NC1(CO)CCOCC1. The summed E-state index contributed by atoms with van der Waals surface area (Å²) in [5, 5.41) is 13.7. The highest BCUT2D eigenvalue weighted by molar-refractivity contribution is 6.07. The highest BCUT2D eigenvalue weighted by Gasteiger charge is 2.35. The number of aliphatic hydroxyl groups is 1. The van der Waals surface area contributed by atoms with Crippen molar-refractivity contribution in [3.05, 3.63) is 59.1 Å². The molecule has 7 heteroatoms. The average molecular weight is 437 g/mol. The third-order valence-corrected chi connectivity index (χ3v) is 6.51. The first kappa shape index (κ1) is 21.0. The van der Waals surface area contributed by atoms with Crippen LogP contribution in [-0.2, 0) is 11.3 Å². The summed E-state index contributed by atoms with van der Waals surface area (Å²) in [7, 11) is 0. The fourth-order valence-electron chi connectivity index (χ4n) is 4.45. The van der Waals surface area contributed by atoms with Gasteiger partial charge in [0.05, 0.1) is 23.4 Å². The minimum absolute atomic E-state index is 0.126. The maximum atomic E-state index is 13.2. The van der Waals surface area contributed by atoms with Gasteiger partial charge in [-0.2, -0.15) is 0 Å². The smallest absolute Gasteiger partial charge is 0.255 e. The Kier molecular flexibility index (Phi) is 5.61. The van der Waals surface area contributed by atoms with Crippen molar-refractivity contribution >= 4 is 16.9 Å². The van der Waals surface area contributed by atoms with Crippen molar-refractivity contribution in [1.82, 2.24) is 10.3 Å². The number of furan rings is 1. The number of aryl methyl sites for hydroxylation is 1. The molecule has 168 valence electrons. The van der Waals surface area contributed by atoms with Gasteiger partial charge < -0.3 is 24.3 Å². The largest absolute Gasteiger partial charge is 0.487 e. The molecule has 1 aliphatic carbocycles. The summed E-state index contributed by atoms with van der Waals surface area (Å²) in [5.74, 6) is 1.54. The Bertz CT molecular complexity index is 1130. The second kappa shape index (κ2) is 8.56. The van der Waals surface area contributed by atoms with Crippen LogP contribution >= 0.6 is 0 Å². The predicted molar refractivity (Wildman–Crippen MR) is 119 cm³/mol. The number of amides is 1. The van der Waals surface area contributed by atoms with E-state index in [1.807, 2.05) is 24.3 Å². The van der Waals surface area contributed by atoms with Gasteiger partial charge in [-0.1, -0.05) is 6.07 Å². The molecule has 3 heterocycles. The first-order valence-corrected chi connectivity index (χ1v) is 11.2. The molecule has 0 unspecified atom stereocenters. The van der Waals surface area contributed by atoms with Crippen LogP contribution in [0.1, 0.15) is 59.0 Å². The van der Waals surface area contributed by atoms with Gasteiger partial charge in [-0.15, -0.1) is 0 Å². The molecule has 1 aromatic carbocycles. The first-order chi connectivity index (χ1) is 15.6. The number of hydrogen-bond acceptors (Lipinski definition) is 6. The van der Waals surface area contributed by atoms with E-state index < -0.39 is 5.54 Å². The number of rotatable bonds is 7.